The minimum atomic E-state index is -2.39. The van der Waals surface area contributed by atoms with Crippen molar-refractivity contribution >= 4 is 91.0 Å². The molecule has 7 rings (SSSR count). The first kappa shape index (κ1) is 42.7. The van der Waals surface area contributed by atoms with Crippen molar-refractivity contribution in [2.45, 2.75) is 83.3 Å². The van der Waals surface area contributed by atoms with E-state index in [-0.39, 0.29) is 15.3 Å². The summed E-state index contributed by atoms with van der Waals surface area (Å²) >= 11 is 19.1. The van der Waals surface area contributed by atoms with Crippen LogP contribution in [0.1, 0.15) is 87.5 Å². The second-order valence-electron chi connectivity index (χ2n) is 15.3. The molecule has 0 amide bonds. The Kier molecular flexibility index (Phi) is 14.0. The van der Waals surface area contributed by atoms with Crippen LogP contribution in [0.4, 0.5) is 4.39 Å². The molecule has 0 spiro atoms. The number of thiazole rings is 1. The molecular formula is C39H44BrCl2FN4O2P2PdS+2. The summed E-state index contributed by atoms with van der Waals surface area (Å²) in [4.78, 5) is 31.4. The topological polar surface area (TPSA) is 80.5 Å². The van der Waals surface area contributed by atoms with Gasteiger partial charge in [0.15, 0.2) is 0 Å². The molecule has 2 aromatic heterocycles. The molecule has 0 bridgehead atoms. The number of benzene rings is 3. The molecule has 0 saturated heterocycles. The zero-order valence-corrected chi connectivity index (χ0v) is 38.2. The van der Waals surface area contributed by atoms with E-state index in [4.69, 9.17) is 42.9 Å². The van der Waals surface area contributed by atoms with Gasteiger partial charge in [-0.1, -0.05) is 28.8 Å². The van der Waals surface area contributed by atoms with Crippen LogP contribution < -0.4 is 15.6 Å². The van der Waals surface area contributed by atoms with Crippen LogP contribution in [-0.4, -0.2) is 49.2 Å². The first-order valence-electron chi connectivity index (χ1n) is 17.1. The summed E-state index contributed by atoms with van der Waals surface area (Å²) in [6.45, 7) is 17.3. The first-order valence-corrected chi connectivity index (χ1v) is 26.4. The summed E-state index contributed by atoms with van der Waals surface area (Å²) in [7, 11) is -3.34. The molecule has 0 radical (unpaired) electrons. The Balaban J connectivity index is 0.000000199. The monoisotopic (exact) mass is 968 g/mol. The Morgan fingerprint density at radius 1 is 1.04 bits per heavy atom. The number of nitrogens with zero attached hydrogens (tertiary/aromatic N) is 4. The van der Waals surface area contributed by atoms with Crippen LogP contribution in [0.25, 0.3) is 11.0 Å². The summed E-state index contributed by atoms with van der Waals surface area (Å²) in [5.41, 5.74) is 5.45. The average Bonchev–Trinajstić information content (AvgIpc) is 3.83. The van der Waals surface area contributed by atoms with Gasteiger partial charge in [0, 0.05) is 17.1 Å². The third-order valence-corrected chi connectivity index (χ3v) is 18.4. The Morgan fingerprint density at radius 2 is 1.70 bits per heavy atom. The fourth-order valence-corrected chi connectivity index (χ4v) is 10.8. The molecule has 6 nitrogen and oxygen atoms in total. The standard InChI is InChI=1S/C21H14Cl2FN2OS.C18H29N2OP2.BrH.Pd/c22-13-3-1-2-11(6-13)7-16-19-15(24)8-14(23)9-17(19)27-20(26-16)18-10-25-21(28-18)12-4-5-12;1-17(2,3)22(7)15-16(23(8,21)18(4,5)6)20-14-12-10-9-11-13(14)19-15;;/h1,3,6,8-10,12,20H,4-5,7H2;9-12,21H,1-8H3;1H;/q-1;+1;;+2/t20-;;;/m0.../s1. The van der Waals surface area contributed by atoms with Gasteiger partial charge in [-0.2, -0.15) is 23.8 Å². The van der Waals surface area contributed by atoms with E-state index in [2.05, 4.69) is 89.9 Å². The van der Waals surface area contributed by atoms with Crippen LogP contribution in [0.2, 0.25) is 10.0 Å². The summed E-state index contributed by atoms with van der Waals surface area (Å²) in [6, 6.07) is 19.3. The number of fused-ring (bicyclic) bond motifs is 2. The SMILES string of the molecule is C[PH+](c1nc2ccccc2nc1[P+](C)(O)C(C)(C)C)C(C)(C)C.Fc1cc(Cl)cc2c1C(Cc1[c-]ccc(Cl)c1)=N[C@H](c1cnc(C3CC3)s1)O2.[Br][Pd+]. The number of hydrogen-bond donors (Lipinski definition) is 1. The summed E-state index contributed by atoms with van der Waals surface area (Å²) in [5, 5.41) is 1.95. The minimum absolute atomic E-state index is 0.161. The van der Waals surface area contributed by atoms with Gasteiger partial charge in [0.2, 0.25) is 19.2 Å². The third kappa shape index (κ3) is 10.1. The van der Waals surface area contributed by atoms with Gasteiger partial charge in [-0.3, -0.25) is 0 Å². The second kappa shape index (κ2) is 17.4. The molecule has 2 aliphatic rings. The molecule has 3 atom stereocenters. The van der Waals surface area contributed by atoms with Gasteiger partial charge < -0.3 is 4.74 Å². The molecule has 2 unspecified atom stereocenters. The van der Waals surface area contributed by atoms with Crippen molar-refractivity contribution in [2.75, 3.05) is 13.3 Å². The number of aliphatic imine (C=N–C) groups is 1. The Morgan fingerprint density at radius 3 is 2.30 bits per heavy atom. The summed E-state index contributed by atoms with van der Waals surface area (Å²) in [6.07, 6.45) is 3.99. The van der Waals surface area contributed by atoms with E-state index in [0.29, 0.717) is 34.4 Å². The predicted octanol–water partition coefficient (Wildman–Crippen LogP) is 11.1. The Labute approximate surface area is 345 Å². The van der Waals surface area contributed by atoms with Gasteiger partial charge >= 0.3 is 30.6 Å². The first-order chi connectivity index (χ1) is 24.9. The van der Waals surface area contributed by atoms with Crippen molar-refractivity contribution in [1.82, 2.24) is 15.0 Å². The number of ether oxygens (including phenoxy) is 1. The van der Waals surface area contributed by atoms with Crippen LogP contribution in [0.3, 0.4) is 0 Å². The van der Waals surface area contributed by atoms with Gasteiger partial charge in [0.1, 0.15) is 16.7 Å². The van der Waals surface area contributed by atoms with E-state index in [1.807, 2.05) is 37.1 Å². The van der Waals surface area contributed by atoms with Gasteiger partial charge in [0.05, 0.1) is 58.6 Å². The molecular weight excluding hydrogens is 927 g/mol. The Hall–Kier alpha value is -1.43. The zero-order valence-electron chi connectivity index (χ0n) is 30.9. The van der Waals surface area contributed by atoms with Crippen LogP contribution in [0.5, 0.6) is 5.75 Å². The van der Waals surface area contributed by atoms with Crippen LogP contribution in [-0.2, 0) is 23.6 Å². The molecule has 1 saturated carbocycles. The molecule has 3 aromatic carbocycles. The van der Waals surface area contributed by atoms with Gasteiger partial charge in [-0.25, -0.2) is 29.2 Å². The zero-order chi connectivity index (χ0) is 38.9. The van der Waals surface area contributed by atoms with E-state index in [0.717, 1.165) is 37.4 Å². The summed E-state index contributed by atoms with van der Waals surface area (Å²) < 4.78 is 20.7. The fourth-order valence-electron chi connectivity index (χ4n) is 5.45. The molecule has 284 valence electrons. The van der Waals surface area contributed by atoms with Crippen molar-refractivity contribution in [2.24, 2.45) is 4.99 Å². The van der Waals surface area contributed by atoms with E-state index >= 15 is 0 Å². The predicted molar refractivity (Wildman–Crippen MR) is 226 cm³/mol. The normalized spacial score (nSPS) is 17.3. The molecule has 5 aromatic rings. The molecule has 1 aliphatic heterocycles. The van der Waals surface area contributed by atoms with Crippen molar-refractivity contribution < 1.29 is 31.2 Å². The molecule has 53 heavy (non-hydrogen) atoms. The van der Waals surface area contributed by atoms with E-state index in [9.17, 15) is 9.28 Å². The van der Waals surface area contributed by atoms with E-state index in [1.54, 1.807) is 35.6 Å². The van der Waals surface area contributed by atoms with Crippen LogP contribution >= 0.6 is 63.4 Å². The van der Waals surface area contributed by atoms with Crippen molar-refractivity contribution in [3.8, 4) is 5.75 Å². The molecule has 14 heteroatoms. The molecule has 3 heterocycles. The number of aromatic nitrogens is 3. The number of halogens is 4. The van der Waals surface area contributed by atoms with E-state index in [1.165, 1.54) is 18.9 Å². The molecule has 1 aliphatic carbocycles. The number of hydrogen-bond acceptors (Lipinski definition) is 7. The van der Waals surface area contributed by atoms with E-state index < -0.39 is 27.5 Å². The maximum absolute atomic E-state index is 14.7. The Bertz CT molecular complexity index is 2120. The maximum atomic E-state index is 14.7. The average molecular weight is 971 g/mol. The van der Waals surface area contributed by atoms with Crippen LogP contribution in [0.15, 0.2) is 65.8 Å². The van der Waals surface area contributed by atoms with Crippen LogP contribution in [0, 0.1) is 11.9 Å². The quantitative estimate of drug-likeness (QED) is 0.104. The third-order valence-electron chi connectivity index (χ3n) is 9.46. The van der Waals surface area contributed by atoms with Crippen molar-refractivity contribution in [3.63, 3.8) is 0 Å². The molecule has 1 fully saturated rings. The van der Waals surface area contributed by atoms with Crippen molar-refractivity contribution in [3.05, 3.63) is 104 Å². The van der Waals surface area contributed by atoms with Gasteiger partial charge in [-0.15, -0.1) is 29.0 Å². The fraction of sp³-hybridized carbons (Fsp3) is 0.385. The van der Waals surface area contributed by atoms with Gasteiger partial charge in [-0.05, 0) is 85.1 Å². The molecule has 1 N–H and O–H groups in total. The van der Waals surface area contributed by atoms with Crippen molar-refractivity contribution in [1.29, 1.82) is 0 Å². The number of rotatable bonds is 6. The number of para-hydroxylation sites is 2. The summed E-state index contributed by atoms with van der Waals surface area (Å²) in [5.74, 6) is 0.499. The van der Waals surface area contributed by atoms with Gasteiger partial charge in [0.25, 0.3) is 5.44 Å². The second-order valence-corrected chi connectivity index (χ2v) is 24.2.